The molecule has 0 spiro atoms. The van der Waals surface area contributed by atoms with Crippen molar-refractivity contribution in [1.82, 2.24) is 9.78 Å². The molecule has 2 aromatic carbocycles. The van der Waals surface area contributed by atoms with Crippen molar-refractivity contribution in [2.24, 2.45) is 0 Å². The zero-order chi connectivity index (χ0) is 22.2. The first-order valence-electron chi connectivity index (χ1n) is 9.28. The minimum atomic E-state index is -3.35. The van der Waals surface area contributed by atoms with Crippen molar-refractivity contribution in [3.05, 3.63) is 75.5 Å². The van der Waals surface area contributed by atoms with Crippen molar-refractivity contribution in [3.8, 4) is 11.4 Å². The average Bonchev–Trinajstić information content (AvgIpc) is 3.20. The number of sulfone groups is 1. The van der Waals surface area contributed by atoms with Gasteiger partial charge < -0.3 is 10.1 Å². The summed E-state index contributed by atoms with van der Waals surface area (Å²) < 4.78 is 31.0. The predicted molar refractivity (Wildman–Crippen MR) is 112 cm³/mol. The first kappa shape index (κ1) is 20.5. The number of hydrogen-bond donors (Lipinski definition) is 1. The van der Waals surface area contributed by atoms with E-state index in [1.165, 1.54) is 28.9 Å². The molecule has 1 aliphatic heterocycles. The maximum absolute atomic E-state index is 12.6. The molecular formula is C20H18N4O6S. The van der Waals surface area contributed by atoms with Crippen LogP contribution in [0.2, 0.25) is 0 Å². The number of carbonyl (C=O) groups is 1. The Balaban J connectivity index is 1.61. The smallest absolute Gasteiger partial charge is 0.269 e. The Hall–Kier alpha value is -3.73. The summed E-state index contributed by atoms with van der Waals surface area (Å²) in [6.07, 6.45) is 0. The quantitative estimate of drug-likeness (QED) is 0.458. The number of nitro benzene ring substituents is 1. The number of ether oxygens (including phenoxy) is 1. The summed E-state index contributed by atoms with van der Waals surface area (Å²) in [4.78, 5) is 22.9. The monoisotopic (exact) mass is 442 g/mol. The standard InChI is InChI=1S/C20H18N4O6S/c1-13-4-2-3-5-18(13)30-10-19(25)21-20-16-11-31(28,29)12-17(16)22-23(20)14-6-8-15(9-7-14)24(26)27/h2-9H,10-12H2,1H3,(H,21,25). The first-order chi connectivity index (χ1) is 14.7. The summed E-state index contributed by atoms with van der Waals surface area (Å²) >= 11 is 0. The molecule has 160 valence electrons. The molecule has 0 saturated carbocycles. The largest absolute Gasteiger partial charge is 0.483 e. The minimum absolute atomic E-state index is 0.0942. The average molecular weight is 442 g/mol. The van der Waals surface area contributed by atoms with Crippen LogP contribution in [0.1, 0.15) is 16.8 Å². The van der Waals surface area contributed by atoms with Crippen molar-refractivity contribution < 1.29 is 22.9 Å². The molecule has 1 aromatic heterocycles. The van der Waals surface area contributed by atoms with E-state index in [9.17, 15) is 23.3 Å². The number of rotatable bonds is 6. The molecule has 3 aromatic rings. The van der Waals surface area contributed by atoms with Gasteiger partial charge in [-0.25, -0.2) is 13.1 Å². The molecule has 4 rings (SSSR count). The Kier molecular flexibility index (Phi) is 5.19. The second-order valence-corrected chi connectivity index (χ2v) is 9.16. The number of fused-ring (bicyclic) bond motifs is 1. The number of benzene rings is 2. The number of hydrogen-bond acceptors (Lipinski definition) is 7. The van der Waals surface area contributed by atoms with Crippen LogP contribution in [0.3, 0.4) is 0 Å². The van der Waals surface area contributed by atoms with Gasteiger partial charge in [0.2, 0.25) is 0 Å². The van der Waals surface area contributed by atoms with Gasteiger partial charge in [-0.3, -0.25) is 14.9 Å². The first-order valence-corrected chi connectivity index (χ1v) is 11.1. The van der Waals surface area contributed by atoms with Crippen molar-refractivity contribution in [3.63, 3.8) is 0 Å². The van der Waals surface area contributed by atoms with Gasteiger partial charge in [-0.1, -0.05) is 18.2 Å². The summed E-state index contributed by atoms with van der Waals surface area (Å²) in [5, 5.41) is 17.9. The molecule has 11 heteroatoms. The maximum Gasteiger partial charge on any atom is 0.269 e. The molecule has 0 unspecified atom stereocenters. The number of aryl methyl sites for hydroxylation is 1. The predicted octanol–water partition coefficient (Wildman–Crippen LogP) is 2.53. The third kappa shape index (κ3) is 4.26. The van der Waals surface area contributed by atoms with Gasteiger partial charge in [0.05, 0.1) is 27.8 Å². The minimum Gasteiger partial charge on any atom is -0.483 e. The molecular weight excluding hydrogens is 424 g/mol. The van der Waals surface area contributed by atoms with E-state index in [2.05, 4.69) is 10.4 Å². The highest BCUT2D eigenvalue weighted by Crippen LogP contribution is 2.33. The zero-order valence-corrected chi connectivity index (χ0v) is 17.3. The molecule has 10 nitrogen and oxygen atoms in total. The SMILES string of the molecule is Cc1ccccc1OCC(=O)Nc1c2c(nn1-c1ccc([N+](=O)[O-])cc1)CS(=O)(=O)C2. The summed E-state index contributed by atoms with van der Waals surface area (Å²) in [5.41, 5.74) is 1.98. The van der Waals surface area contributed by atoms with Gasteiger partial charge in [0, 0.05) is 17.7 Å². The molecule has 2 heterocycles. The molecule has 1 aliphatic rings. The lowest BCUT2D eigenvalue weighted by Crippen LogP contribution is -2.23. The highest BCUT2D eigenvalue weighted by molar-refractivity contribution is 7.90. The number of anilines is 1. The van der Waals surface area contributed by atoms with Gasteiger partial charge in [0.25, 0.3) is 11.6 Å². The van der Waals surface area contributed by atoms with E-state index >= 15 is 0 Å². The van der Waals surface area contributed by atoms with Gasteiger partial charge in [-0.2, -0.15) is 5.10 Å². The number of non-ortho nitro benzene ring substituents is 1. The summed E-state index contributed by atoms with van der Waals surface area (Å²) in [7, 11) is -3.35. The maximum atomic E-state index is 12.6. The van der Waals surface area contributed by atoms with Crippen LogP contribution in [0, 0.1) is 17.0 Å². The van der Waals surface area contributed by atoms with Crippen molar-refractivity contribution in [2.45, 2.75) is 18.4 Å². The van der Waals surface area contributed by atoms with Gasteiger partial charge in [0.1, 0.15) is 11.6 Å². The normalized spacial score (nSPS) is 14.1. The molecule has 0 bridgehead atoms. The Morgan fingerprint density at radius 1 is 1.19 bits per heavy atom. The zero-order valence-electron chi connectivity index (χ0n) is 16.4. The van der Waals surface area contributed by atoms with E-state index in [0.29, 0.717) is 22.7 Å². The van der Waals surface area contributed by atoms with E-state index in [-0.39, 0.29) is 29.6 Å². The number of nitrogens with zero attached hydrogens (tertiary/aromatic N) is 3. The fourth-order valence-corrected chi connectivity index (χ4v) is 4.80. The van der Waals surface area contributed by atoms with Crippen molar-refractivity contribution >= 4 is 27.2 Å². The van der Waals surface area contributed by atoms with Crippen molar-refractivity contribution in [2.75, 3.05) is 11.9 Å². The molecule has 0 atom stereocenters. The van der Waals surface area contributed by atoms with E-state index in [1.54, 1.807) is 12.1 Å². The number of nitro groups is 1. The lowest BCUT2D eigenvalue weighted by molar-refractivity contribution is -0.384. The molecule has 1 N–H and O–H groups in total. The molecule has 0 radical (unpaired) electrons. The molecule has 1 amide bonds. The van der Waals surface area contributed by atoms with Crippen LogP contribution in [0.4, 0.5) is 11.5 Å². The van der Waals surface area contributed by atoms with Crippen LogP contribution in [0.15, 0.2) is 48.5 Å². The number of para-hydroxylation sites is 1. The Labute approximate surface area is 177 Å². The van der Waals surface area contributed by atoms with E-state index in [1.807, 2.05) is 19.1 Å². The molecule has 0 aliphatic carbocycles. The number of nitrogens with one attached hydrogen (secondary N) is 1. The van der Waals surface area contributed by atoms with Gasteiger partial charge in [-0.05, 0) is 30.7 Å². The fourth-order valence-electron chi connectivity index (χ4n) is 3.30. The molecule has 0 saturated heterocycles. The topological polar surface area (TPSA) is 133 Å². The lowest BCUT2D eigenvalue weighted by atomic mass is 10.2. The van der Waals surface area contributed by atoms with Crippen LogP contribution in [0.25, 0.3) is 5.69 Å². The van der Waals surface area contributed by atoms with E-state index in [0.717, 1.165) is 5.56 Å². The van der Waals surface area contributed by atoms with Crippen molar-refractivity contribution in [1.29, 1.82) is 0 Å². The second kappa shape index (κ2) is 7.84. The summed E-state index contributed by atoms with van der Waals surface area (Å²) in [5.74, 6) is -0.190. The van der Waals surface area contributed by atoms with E-state index < -0.39 is 20.7 Å². The third-order valence-electron chi connectivity index (χ3n) is 4.80. The highest BCUT2D eigenvalue weighted by Gasteiger charge is 2.33. The molecule has 31 heavy (non-hydrogen) atoms. The van der Waals surface area contributed by atoms with Gasteiger partial charge >= 0.3 is 0 Å². The lowest BCUT2D eigenvalue weighted by Gasteiger charge is -2.12. The van der Waals surface area contributed by atoms with Gasteiger partial charge in [-0.15, -0.1) is 0 Å². The Morgan fingerprint density at radius 3 is 2.58 bits per heavy atom. The van der Waals surface area contributed by atoms with Crippen LogP contribution < -0.4 is 10.1 Å². The number of carbonyl (C=O) groups excluding carboxylic acids is 1. The third-order valence-corrected chi connectivity index (χ3v) is 6.24. The molecule has 0 fully saturated rings. The van der Waals surface area contributed by atoms with Crippen LogP contribution in [-0.2, 0) is 26.1 Å². The van der Waals surface area contributed by atoms with Crippen LogP contribution in [0.5, 0.6) is 5.75 Å². The van der Waals surface area contributed by atoms with Crippen LogP contribution >= 0.6 is 0 Å². The Morgan fingerprint density at radius 2 is 1.90 bits per heavy atom. The van der Waals surface area contributed by atoms with E-state index in [4.69, 9.17) is 4.74 Å². The fraction of sp³-hybridized carbons (Fsp3) is 0.200. The van der Waals surface area contributed by atoms with Gasteiger partial charge in [0.15, 0.2) is 16.4 Å². The second-order valence-electron chi connectivity index (χ2n) is 7.09. The Bertz CT molecular complexity index is 1280. The highest BCUT2D eigenvalue weighted by atomic mass is 32.2. The number of amides is 1. The van der Waals surface area contributed by atoms with Crippen LogP contribution in [-0.4, -0.2) is 35.6 Å². The summed E-state index contributed by atoms with van der Waals surface area (Å²) in [6.45, 7) is 1.58. The summed E-state index contributed by atoms with van der Waals surface area (Å²) in [6, 6.07) is 12.8. The number of aromatic nitrogens is 2.